The molecule has 25 heavy (non-hydrogen) atoms. The van der Waals surface area contributed by atoms with Crippen LogP contribution in [0.4, 0.5) is 0 Å². The Balaban J connectivity index is 1.33. The number of carbonyl (C=O) groups is 1. The van der Waals surface area contributed by atoms with Crippen molar-refractivity contribution in [1.29, 1.82) is 0 Å². The molecule has 0 bridgehead atoms. The highest BCUT2D eigenvalue weighted by atomic mass is 16.7. The summed E-state index contributed by atoms with van der Waals surface area (Å²) in [4.78, 5) is 16.5. The Kier molecular flexibility index (Phi) is 4.04. The molecule has 0 unspecified atom stereocenters. The number of ether oxygens (including phenoxy) is 2. The molecule has 2 aromatic carbocycles. The summed E-state index contributed by atoms with van der Waals surface area (Å²) in [6.45, 7) is 0.586. The molecule has 3 aromatic rings. The molecular formula is C18H15N3O4. The van der Waals surface area contributed by atoms with Crippen molar-refractivity contribution in [3.05, 3.63) is 59.9 Å². The molecule has 1 N–H and O–H groups in total. The van der Waals surface area contributed by atoms with E-state index in [0.717, 1.165) is 5.56 Å². The average molecular weight is 337 g/mol. The highest BCUT2D eigenvalue weighted by Crippen LogP contribution is 2.32. The molecule has 7 heteroatoms. The summed E-state index contributed by atoms with van der Waals surface area (Å²) in [5.41, 5.74) is 1.38. The fraction of sp³-hybridized carbons (Fsp3) is 0.167. The van der Waals surface area contributed by atoms with Gasteiger partial charge in [0.25, 0.3) is 11.8 Å². The first kappa shape index (κ1) is 15.2. The molecule has 2 heterocycles. The minimum absolute atomic E-state index is 0.183. The van der Waals surface area contributed by atoms with E-state index in [1.807, 2.05) is 30.3 Å². The lowest BCUT2D eigenvalue weighted by Crippen LogP contribution is -2.25. The van der Waals surface area contributed by atoms with Gasteiger partial charge in [0.1, 0.15) is 0 Å². The maximum atomic E-state index is 12.2. The van der Waals surface area contributed by atoms with Crippen LogP contribution < -0.4 is 14.8 Å². The van der Waals surface area contributed by atoms with E-state index in [0.29, 0.717) is 41.7 Å². The molecule has 0 saturated carbocycles. The minimum atomic E-state index is -0.190. The summed E-state index contributed by atoms with van der Waals surface area (Å²) in [6.07, 6.45) is 0.479. The maximum absolute atomic E-state index is 12.2. The number of amides is 1. The zero-order valence-corrected chi connectivity index (χ0v) is 13.3. The van der Waals surface area contributed by atoms with E-state index in [9.17, 15) is 4.79 Å². The highest BCUT2D eigenvalue weighted by Gasteiger charge is 2.16. The Labute approximate surface area is 143 Å². The topological polar surface area (TPSA) is 86.5 Å². The smallest absolute Gasteiger partial charge is 0.257 e. The number of rotatable bonds is 5. The number of fused-ring (bicyclic) bond motifs is 1. The number of carbonyl (C=O) groups excluding carboxylic acids is 1. The molecule has 4 rings (SSSR count). The van der Waals surface area contributed by atoms with Crippen LogP contribution in [0.2, 0.25) is 0 Å². The second-order valence-corrected chi connectivity index (χ2v) is 5.46. The van der Waals surface area contributed by atoms with Gasteiger partial charge in [0.2, 0.25) is 6.79 Å². The van der Waals surface area contributed by atoms with Crippen molar-refractivity contribution in [2.45, 2.75) is 6.42 Å². The van der Waals surface area contributed by atoms with Crippen LogP contribution in [0, 0.1) is 0 Å². The van der Waals surface area contributed by atoms with Crippen LogP contribution in [0.3, 0.4) is 0 Å². The lowest BCUT2D eigenvalue weighted by Gasteiger charge is -2.04. The molecule has 0 saturated heterocycles. The van der Waals surface area contributed by atoms with Gasteiger partial charge in [-0.2, -0.15) is 4.98 Å². The Morgan fingerprint density at radius 1 is 1.08 bits per heavy atom. The normalized spacial score (nSPS) is 12.2. The van der Waals surface area contributed by atoms with Crippen LogP contribution in [0.1, 0.15) is 16.2 Å². The van der Waals surface area contributed by atoms with Crippen molar-refractivity contribution >= 4 is 5.91 Å². The second kappa shape index (κ2) is 6.64. The minimum Gasteiger partial charge on any atom is -0.454 e. The highest BCUT2D eigenvalue weighted by molar-refractivity contribution is 5.94. The Hall–Kier alpha value is -3.35. The molecule has 0 atom stereocenters. The first-order valence-electron chi connectivity index (χ1n) is 7.85. The number of aromatic nitrogens is 2. The van der Waals surface area contributed by atoms with Crippen LogP contribution in [0.5, 0.6) is 11.5 Å². The van der Waals surface area contributed by atoms with Gasteiger partial charge in [0, 0.05) is 24.1 Å². The SMILES string of the molecule is O=C(NCCc1noc(-c2ccccc2)n1)c1ccc2c(c1)OCO2. The van der Waals surface area contributed by atoms with Crippen molar-refractivity contribution in [1.82, 2.24) is 15.5 Å². The maximum Gasteiger partial charge on any atom is 0.257 e. The largest absolute Gasteiger partial charge is 0.454 e. The average Bonchev–Trinajstić information content (AvgIpc) is 3.31. The fourth-order valence-corrected chi connectivity index (χ4v) is 2.48. The molecule has 1 aliphatic heterocycles. The monoisotopic (exact) mass is 337 g/mol. The van der Waals surface area contributed by atoms with Gasteiger partial charge in [-0.05, 0) is 30.3 Å². The third kappa shape index (κ3) is 3.30. The summed E-state index contributed by atoms with van der Waals surface area (Å²) >= 11 is 0. The van der Waals surface area contributed by atoms with Gasteiger partial charge in [0.15, 0.2) is 17.3 Å². The molecule has 0 fully saturated rings. The van der Waals surface area contributed by atoms with Crippen LogP contribution in [-0.2, 0) is 6.42 Å². The van der Waals surface area contributed by atoms with Gasteiger partial charge in [-0.3, -0.25) is 4.79 Å². The summed E-state index contributed by atoms with van der Waals surface area (Å²) in [5.74, 6) is 2.06. The van der Waals surface area contributed by atoms with Gasteiger partial charge in [-0.15, -0.1) is 0 Å². The van der Waals surface area contributed by atoms with Crippen molar-refractivity contribution < 1.29 is 18.8 Å². The summed E-state index contributed by atoms with van der Waals surface area (Å²) < 4.78 is 15.7. The number of nitrogens with zero attached hydrogens (tertiary/aromatic N) is 2. The Morgan fingerprint density at radius 3 is 2.80 bits per heavy atom. The molecule has 1 aliphatic rings. The van der Waals surface area contributed by atoms with Crippen LogP contribution in [0.25, 0.3) is 11.5 Å². The summed E-state index contributed by atoms with van der Waals surface area (Å²) in [7, 11) is 0. The summed E-state index contributed by atoms with van der Waals surface area (Å²) in [5, 5.41) is 6.77. The van der Waals surface area contributed by atoms with Crippen molar-refractivity contribution in [3.63, 3.8) is 0 Å². The van der Waals surface area contributed by atoms with E-state index in [1.54, 1.807) is 18.2 Å². The van der Waals surface area contributed by atoms with Crippen molar-refractivity contribution in [2.75, 3.05) is 13.3 Å². The quantitative estimate of drug-likeness (QED) is 0.769. The van der Waals surface area contributed by atoms with E-state index in [1.165, 1.54) is 0 Å². The zero-order chi connectivity index (χ0) is 17.1. The predicted octanol–water partition coefficient (Wildman–Crippen LogP) is 2.44. The molecule has 0 spiro atoms. The molecule has 1 aromatic heterocycles. The van der Waals surface area contributed by atoms with Crippen molar-refractivity contribution in [2.24, 2.45) is 0 Å². The van der Waals surface area contributed by atoms with E-state index < -0.39 is 0 Å². The number of hydrogen-bond donors (Lipinski definition) is 1. The van der Waals surface area contributed by atoms with Gasteiger partial charge in [0.05, 0.1) is 0 Å². The molecule has 0 radical (unpaired) electrons. The van der Waals surface area contributed by atoms with Gasteiger partial charge >= 0.3 is 0 Å². The van der Waals surface area contributed by atoms with Crippen LogP contribution in [-0.4, -0.2) is 29.4 Å². The van der Waals surface area contributed by atoms with Crippen LogP contribution >= 0.6 is 0 Å². The Morgan fingerprint density at radius 2 is 1.92 bits per heavy atom. The third-order valence-corrected chi connectivity index (χ3v) is 3.76. The molecule has 126 valence electrons. The van der Waals surface area contributed by atoms with E-state index >= 15 is 0 Å². The molecule has 0 aliphatic carbocycles. The standard InChI is InChI=1S/C18H15N3O4/c22-17(13-6-7-14-15(10-13)24-11-23-14)19-9-8-16-20-18(25-21-16)12-4-2-1-3-5-12/h1-7,10H,8-9,11H2,(H,19,22). The van der Waals surface area contributed by atoms with Gasteiger partial charge in [-0.1, -0.05) is 23.4 Å². The number of hydrogen-bond acceptors (Lipinski definition) is 6. The zero-order valence-electron chi connectivity index (χ0n) is 13.3. The second-order valence-electron chi connectivity index (χ2n) is 5.46. The number of nitrogens with one attached hydrogen (secondary N) is 1. The van der Waals surface area contributed by atoms with Gasteiger partial charge in [-0.25, -0.2) is 0 Å². The first-order valence-corrected chi connectivity index (χ1v) is 7.85. The predicted molar refractivity (Wildman–Crippen MR) is 88.3 cm³/mol. The fourth-order valence-electron chi connectivity index (χ4n) is 2.48. The molecule has 1 amide bonds. The molecular weight excluding hydrogens is 322 g/mol. The summed E-state index contributed by atoms with van der Waals surface area (Å²) in [6, 6.07) is 14.6. The van der Waals surface area contributed by atoms with E-state index in [4.69, 9.17) is 14.0 Å². The van der Waals surface area contributed by atoms with Crippen LogP contribution in [0.15, 0.2) is 53.1 Å². The number of benzene rings is 2. The van der Waals surface area contributed by atoms with E-state index in [-0.39, 0.29) is 12.7 Å². The van der Waals surface area contributed by atoms with Crippen molar-refractivity contribution in [3.8, 4) is 23.0 Å². The van der Waals surface area contributed by atoms with E-state index in [2.05, 4.69) is 15.5 Å². The first-order chi connectivity index (χ1) is 12.3. The van der Waals surface area contributed by atoms with Gasteiger partial charge < -0.3 is 19.3 Å². The Bertz CT molecular complexity index is 892. The third-order valence-electron chi connectivity index (χ3n) is 3.76. The lowest BCUT2D eigenvalue weighted by atomic mass is 10.2. The lowest BCUT2D eigenvalue weighted by molar-refractivity contribution is 0.0953. The molecule has 7 nitrogen and oxygen atoms in total.